The van der Waals surface area contributed by atoms with Gasteiger partial charge in [0.15, 0.2) is 0 Å². The van der Waals surface area contributed by atoms with Crippen molar-refractivity contribution in [3.63, 3.8) is 0 Å². The number of hydrogen-bond acceptors (Lipinski definition) is 4. The number of amides is 2. The van der Waals surface area contributed by atoms with Gasteiger partial charge in [0.1, 0.15) is 0 Å². The molecule has 2 N–H and O–H groups in total. The number of carbonyl (C=O) groups excluding carboxylic acids is 1. The molecule has 2 amide bonds. The van der Waals surface area contributed by atoms with Crippen molar-refractivity contribution in [2.45, 2.75) is 32.2 Å². The number of carboxylic acid groups (broad SMARTS) is 1. The lowest BCUT2D eigenvalue weighted by atomic mass is 9.93. The zero-order valence-corrected chi connectivity index (χ0v) is 12.1. The number of rotatable bonds is 5. The van der Waals surface area contributed by atoms with Crippen LogP contribution in [0.2, 0.25) is 0 Å². The molecule has 2 heterocycles. The smallest absolute Gasteiger partial charge is 0.317 e. The van der Waals surface area contributed by atoms with Gasteiger partial charge in [0, 0.05) is 30.6 Å². The van der Waals surface area contributed by atoms with Crippen molar-refractivity contribution < 1.29 is 14.7 Å². The van der Waals surface area contributed by atoms with Crippen molar-refractivity contribution in [3.05, 3.63) is 16.6 Å². The molecule has 1 aliphatic rings. The summed E-state index contributed by atoms with van der Waals surface area (Å²) >= 11 is 1.51. The summed E-state index contributed by atoms with van der Waals surface area (Å²) in [5.41, 5.74) is 1.74. The Balaban J connectivity index is 1.76. The Morgan fingerprint density at radius 1 is 1.55 bits per heavy atom. The van der Waals surface area contributed by atoms with Crippen LogP contribution >= 0.6 is 11.3 Å². The average Bonchev–Trinajstić information content (AvgIpc) is 2.96. The zero-order chi connectivity index (χ0) is 14.4. The van der Waals surface area contributed by atoms with Gasteiger partial charge in [0.2, 0.25) is 0 Å². The first-order valence-electron chi connectivity index (χ1n) is 6.77. The van der Waals surface area contributed by atoms with Gasteiger partial charge in [-0.05, 0) is 25.2 Å². The first-order chi connectivity index (χ1) is 9.65. The van der Waals surface area contributed by atoms with Gasteiger partial charge in [-0.25, -0.2) is 4.79 Å². The molecule has 1 unspecified atom stereocenters. The van der Waals surface area contributed by atoms with E-state index >= 15 is 0 Å². The third-order valence-electron chi connectivity index (χ3n) is 3.47. The highest BCUT2D eigenvalue weighted by atomic mass is 32.1. The van der Waals surface area contributed by atoms with Gasteiger partial charge in [0.05, 0.1) is 12.1 Å². The second-order valence-corrected chi connectivity index (χ2v) is 5.98. The van der Waals surface area contributed by atoms with Crippen molar-refractivity contribution in [2.75, 3.05) is 13.1 Å². The highest BCUT2D eigenvalue weighted by molar-refractivity contribution is 7.09. The Morgan fingerprint density at radius 2 is 2.40 bits per heavy atom. The minimum absolute atomic E-state index is 0.0709. The number of thiazole rings is 1. The van der Waals surface area contributed by atoms with E-state index in [2.05, 4.69) is 10.3 Å². The van der Waals surface area contributed by atoms with Crippen molar-refractivity contribution in [3.8, 4) is 0 Å². The normalized spacial score (nSPS) is 18.8. The van der Waals surface area contributed by atoms with Crippen LogP contribution in [0.15, 0.2) is 11.7 Å². The molecule has 0 saturated carbocycles. The van der Waals surface area contributed by atoms with Gasteiger partial charge >= 0.3 is 12.0 Å². The van der Waals surface area contributed by atoms with E-state index in [1.54, 1.807) is 16.6 Å². The van der Waals surface area contributed by atoms with Gasteiger partial charge in [-0.2, -0.15) is 0 Å². The van der Waals surface area contributed by atoms with E-state index in [0.717, 1.165) is 24.3 Å². The number of carbonyl (C=O) groups is 2. The molecule has 1 aliphatic heterocycles. The van der Waals surface area contributed by atoms with Gasteiger partial charge in [-0.1, -0.05) is 0 Å². The fourth-order valence-corrected chi connectivity index (χ4v) is 2.95. The number of aliphatic carboxylic acids is 1. The fourth-order valence-electron chi connectivity index (χ4n) is 2.42. The van der Waals surface area contributed by atoms with E-state index < -0.39 is 5.97 Å². The Kier molecular flexibility index (Phi) is 5.34. The van der Waals surface area contributed by atoms with Crippen LogP contribution in [-0.2, 0) is 11.3 Å². The molecule has 7 heteroatoms. The van der Waals surface area contributed by atoms with Gasteiger partial charge in [-0.3, -0.25) is 9.78 Å². The molecule has 0 radical (unpaired) electrons. The summed E-state index contributed by atoms with van der Waals surface area (Å²) in [7, 11) is 0. The molecule has 20 heavy (non-hydrogen) atoms. The van der Waals surface area contributed by atoms with E-state index in [9.17, 15) is 9.59 Å². The molecule has 1 saturated heterocycles. The molecule has 2 rings (SSSR count). The maximum atomic E-state index is 12.1. The largest absolute Gasteiger partial charge is 0.481 e. The standard InChI is InChI=1S/C13H19N3O3S/c17-12(18)4-3-10-2-1-5-16(8-10)13(19)15-7-11-6-14-9-20-11/h6,9-10H,1-5,7-8H2,(H,15,19)(H,17,18). The van der Waals surface area contributed by atoms with Crippen molar-refractivity contribution >= 4 is 23.3 Å². The minimum Gasteiger partial charge on any atom is -0.481 e. The zero-order valence-electron chi connectivity index (χ0n) is 11.2. The van der Waals surface area contributed by atoms with Crippen LogP contribution in [0, 0.1) is 5.92 Å². The predicted molar refractivity (Wildman–Crippen MR) is 75.5 cm³/mol. The maximum absolute atomic E-state index is 12.1. The summed E-state index contributed by atoms with van der Waals surface area (Å²) < 4.78 is 0. The topological polar surface area (TPSA) is 82.5 Å². The van der Waals surface area contributed by atoms with E-state index in [4.69, 9.17) is 5.11 Å². The van der Waals surface area contributed by atoms with Crippen LogP contribution in [0.25, 0.3) is 0 Å². The van der Waals surface area contributed by atoms with Crippen LogP contribution in [0.3, 0.4) is 0 Å². The summed E-state index contributed by atoms with van der Waals surface area (Å²) in [6.07, 6.45) is 4.52. The molecule has 0 spiro atoms. The van der Waals surface area contributed by atoms with Crippen molar-refractivity contribution in [1.82, 2.24) is 15.2 Å². The third kappa shape index (κ3) is 4.48. The molecule has 1 atom stereocenters. The molecule has 1 aromatic rings. The molecule has 0 aliphatic carbocycles. The molecular weight excluding hydrogens is 278 g/mol. The number of aromatic nitrogens is 1. The lowest BCUT2D eigenvalue weighted by Crippen LogP contribution is -2.45. The number of carboxylic acids is 1. The van der Waals surface area contributed by atoms with Gasteiger partial charge < -0.3 is 15.3 Å². The molecule has 0 aromatic carbocycles. The monoisotopic (exact) mass is 297 g/mol. The Bertz CT molecular complexity index is 450. The minimum atomic E-state index is -0.767. The van der Waals surface area contributed by atoms with Crippen molar-refractivity contribution in [1.29, 1.82) is 0 Å². The lowest BCUT2D eigenvalue weighted by molar-refractivity contribution is -0.137. The van der Waals surface area contributed by atoms with E-state index in [0.29, 0.717) is 25.4 Å². The summed E-state index contributed by atoms with van der Waals surface area (Å²) in [5, 5.41) is 11.6. The Labute approximate surface area is 121 Å². The van der Waals surface area contributed by atoms with Crippen molar-refractivity contribution in [2.24, 2.45) is 5.92 Å². The summed E-state index contributed by atoms with van der Waals surface area (Å²) in [5.74, 6) is -0.467. The van der Waals surface area contributed by atoms with Gasteiger partial charge in [-0.15, -0.1) is 11.3 Å². The molecule has 110 valence electrons. The van der Waals surface area contributed by atoms with Gasteiger partial charge in [0.25, 0.3) is 0 Å². The lowest BCUT2D eigenvalue weighted by Gasteiger charge is -2.32. The number of hydrogen-bond donors (Lipinski definition) is 2. The summed E-state index contributed by atoms with van der Waals surface area (Å²) in [6.45, 7) is 1.90. The first-order valence-corrected chi connectivity index (χ1v) is 7.65. The van der Waals surface area contributed by atoms with Crippen LogP contribution in [0.5, 0.6) is 0 Å². The van der Waals surface area contributed by atoms with E-state index in [1.807, 2.05) is 0 Å². The number of likely N-dealkylation sites (tertiary alicyclic amines) is 1. The fraction of sp³-hybridized carbons (Fsp3) is 0.615. The third-order valence-corrected chi connectivity index (χ3v) is 4.25. The Morgan fingerprint density at radius 3 is 3.10 bits per heavy atom. The number of piperidine rings is 1. The molecule has 6 nitrogen and oxygen atoms in total. The number of nitrogens with zero attached hydrogens (tertiary/aromatic N) is 2. The molecule has 1 aromatic heterocycles. The van der Waals surface area contributed by atoms with Crippen LogP contribution in [0.1, 0.15) is 30.6 Å². The highest BCUT2D eigenvalue weighted by Crippen LogP contribution is 2.21. The van der Waals surface area contributed by atoms with Crippen LogP contribution in [0.4, 0.5) is 4.79 Å². The van der Waals surface area contributed by atoms with Crippen LogP contribution in [-0.4, -0.2) is 40.1 Å². The predicted octanol–water partition coefficient (Wildman–Crippen LogP) is 1.93. The van der Waals surface area contributed by atoms with E-state index in [1.165, 1.54) is 11.3 Å². The summed E-state index contributed by atoms with van der Waals surface area (Å²) in [6, 6.07) is -0.0709. The quantitative estimate of drug-likeness (QED) is 0.870. The molecule has 1 fully saturated rings. The first kappa shape index (κ1) is 14.8. The maximum Gasteiger partial charge on any atom is 0.317 e. The van der Waals surface area contributed by atoms with E-state index in [-0.39, 0.29) is 12.5 Å². The second-order valence-electron chi connectivity index (χ2n) is 5.01. The second kappa shape index (κ2) is 7.23. The summed E-state index contributed by atoms with van der Waals surface area (Å²) in [4.78, 5) is 29.4. The molecular formula is C13H19N3O3S. The van der Waals surface area contributed by atoms with Crippen LogP contribution < -0.4 is 5.32 Å². The SMILES string of the molecule is O=C(O)CCC1CCCN(C(=O)NCc2cncs2)C1. The number of nitrogens with one attached hydrogen (secondary N) is 1. The highest BCUT2D eigenvalue weighted by Gasteiger charge is 2.23. The molecule has 0 bridgehead atoms. The Hall–Kier alpha value is -1.63. The average molecular weight is 297 g/mol. The number of urea groups is 1.